The highest BCUT2D eigenvalue weighted by molar-refractivity contribution is 5.93. The summed E-state index contributed by atoms with van der Waals surface area (Å²) < 4.78 is 4.94. The maximum atomic E-state index is 12.1. The zero-order valence-corrected chi connectivity index (χ0v) is 13.2. The molecule has 1 aliphatic rings. The van der Waals surface area contributed by atoms with Crippen molar-refractivity contribution in [1.29, 1.82) is 0 Å². The highest BCUT2D eigenvalue weighted by atomic mass is 16.6. The average molecular weight is 337 g/mol. The Morgan fingerprint density at radius 1 is 1.38 bits per heavy atom. The lowest BCUT2D eigenvalue weighted by molar-refractivity contribution is -0.897. The van der Waals surface area contributed by atoms with Crippen LogP contribution in [0.1, 0.15) is 12.8 Å². The van der Waals surface area contributed by atoms with Crippen LogP contribution in [0.3, 0.4) is 0 Å². The number of hydrogen-bond acceptors (Lipinski definition) is 6. The molecule has 1 aliphatic heterocycles. The molecule has 0 saturated carbocycles. The number of piperidine rings is 1. The number of ether oxygens (including phenoxy) is 1. The fourth-order valence-electron chi connectivity index (χ4n) is 2.76. The first-order valence-corrected chi connectivity index (χ1v) is 7.57. The van der Waals surface area contributed by atoms with Crippen LogP contribution in [-0.4, -0.2) is 43.5 Å². The van der Waals surface area contributed by atoms with E-state index in [0.29, 0.717) is 31.7 Å². The van der Waals surface area contributed by atoms with Crippen LogP contribution in [-0.2, 0) is 9.59 Å². The zero-order chi connectivity index (χ0) is 17.7. The summed E-state index contributed by atoms with van der Waals surface area (Å²) in [5, 5.41) is 24.4. The summed E-state index contributed by atoms with van der Waals surface area (Å²) in [6, 6.07) is 4.20. The number of benzene rings is 1. The van der Waals surface area contributed by atoms with Gasteiger partial charge in [0.25, 0.3) is 11.6 Å². The van der Waals surface area contributed by atoms with E-state index in [1.165, 1.54) is 25.3 Å². The molecule has 0 aromatic heterocycles. The third-order valence-corrected chi connectivity index (χ3v) is 4.11. The van der Waals surface area contributed by atoms with Gasteiger partial charge in [-0.3, -0.25) is 14.9 Å². The summed E-state index contributed by atoms with van der Waals surface area (Å²) in [5.74, 6) is -1.54. The first-order valence-electron chi connectivity index (χ1n) is 7.57. The van der Waals surface area contributed by atoms with Crippen LogP contribution in [0.5, 0.6) is 5.75 Å². The molecule has 0 unspecified atom stereocenters. The van der Waals surface area contributed by atoms with Crippen molar-refractivity contribution < 1.29 is 29.3 Å². The fraction of sp³-hybridized carbons (Fsp3) is 0.467. The van der Waals surface area contributed by atoms with Crippen LogP contribution >= 0.6 is 0 Å². The number of anilines is 1. The van der Waals surface area contributed by atoms with E-state index in [1.54, 1.807) is 0 Å². The molecule has 130 valence electrons. The maximum absolute atomic E-state index is 12.1. The molecular weight excluding hydrogens is 318 g/mol. The van der Waals surface area contributed by atoms with Crippen LogP contribution in [0.15, 0.2) is 18.2 Å². The number of nitro groups is 1. The monoisotopic (exact) mass is 337 g/mol. The number of nitrogens with one attached hydrogen (secondary N) is 2. The largest absolute Gasteiger partial charge is 0.550 e. The van der Waals surface area contributed by atoms with Gasteiger partial charge in [0, 0.05) is 24.7 Å². The second kappa shape index (κ2) is 7.73. The summed E-state index contributed by atoms with van der Waals surface area (Å²) in [4.78, 5) is 34.4. The van der Waals surface area contributed by atoms with Crippen molar-refractivity contribution in [2.75, 3.05) is 32.1 Å². The first-order chi connectivity index (χ1) is 11.4. The van der Waals surface area contributed by atoms with Gasteiger partial charge in [0.2, 0.25) is 0 Å². The predicted molar refractivity (Wildman–Crippen MR) is 81.6 cm³/mol. The summed E-state index contributed by atoms with van der Waals surface area (Å²) in [6.07, 6.45) is 0.932. The Balaban J connectivity index is 1.95. The second-order valence-corrected chi connectivity index (χ2v) is 5.71. The number of hydrogen-bond donors (Lipinski definition) is 2. The summed E-state index contributed by atoms with van der Waals surface area (Å²) in [7, 11) is 1.40. The van der Waals surface area contributed by atoms with E-state index >= 15 is 0 Å². The van der Waals surface area contributed by atoms with Crippen LogP contribution < -0.4 is 20.1 Å². The van der Waals surface area contributed by atoms with Gasteiger partial charge in [-0.25, -0.2) is 0 Å². The van der Waals surface area contributed by atoms with Gasteiger partial charge in [0.1, 0.15) is 11.4 Å². The summed E-state index contributed by atoms with van der Waals surface area (Å²) in [5.41, 5.74) is -0.136. The lowest BCUT2D eigenvalue weighted by atomic mass is 9.97. The first kappa shape index (κ1) is 17.7. The molecule has 0 atom stereocenters. The Labute approximate surface area is 138 Å². The van der Waals surface area contributed by atoms with Gasteiger partial charge in [-0.2, -0.15) is 0 Å². The number of amides is 1. The van der Waals surface area contributed by atoms with Crippen molar-refractivity contribution in [3.8, 4) is 5.75 Å². The third kappa shape index (κ3) is 4.42. The molecule has 24 heavy (non-hydrogen) atoms. The quantitative estimate of drug-likeness (QED) is 0.485. The molecule has 1 fully saturated rings. The van der Waals surface area contributed by atoms with Gasteiger partial charge < -0.3 is 24.9 Å². The van der Waals surface area contributed by atoms with Crippen molar-refractivity contribution in [3.63, 3.8) is 0 Å². The van der Waals surface area contributed by atoms with Crippen molar-refractivity contribution in [3.05, 3.63) is 28.3 Å². The lowest BCUT2D eigenvalue weighted by Crippen LogP contribution is -3.14. The molecular formula is C15H19N3O6. The number of carboxylic acids is 1. The van der Waals surface area contributed by atoms with Crippen LogP contribution in [0.25, 0.3) is 0 Å². The maximum Gasteiger partial charge on any atom is 0.296 e. The minimum atomic E-state index is -1.05. The molecule has 1 aromatic rings. The Morgan fingerprint density at radius 2 is 2.04 bits per heavy atom. The van der Waals surface area contributed by atoms with E-state index in [9.17, 15) is 24.8 Å². The summed E-state index contributed by atoms with van der Waals surface area (Å²) in [6.45, 7) is 1.23. The second-order valence-electron chi connectivity index (χ2n) is 5.71. The molecule has 1 amide bonds. The Hall–Kier alpha value is -2.68. The van der Waals surface area contributed by atoms with E-state index in [0.717, 1.165) is 4.90 Å². The number of rotatable bonds is 6. The minimum Gasteiger partial charge on any atom is -0.550 e. The van der Waals surface area contributed by atoms with Crippen LogP contribution in [0.2, 0.25) is 0 Å². The molecule has 2 rings (SSSR count). The van der Waals surface area contributed by atoms with E-state index in [2.05, 4.69) is 5.32 Å². The van der Waals surface area contributed by atoms with Crippen LogP contribution in [0.4, 0.5) is 11.4 Å². The molecule has 0 aliphatic carbocycles. The van der Waals surface area contributed by atoms with E-state index < -0.39 is 16.8 Å². The number of aliphatic carboxylic acids is 1. The molecule has 0 bridgehead atoms. The molecule has 9 nitrogen and oxygen atoms in total. The SMILES string of the molecule is COc1ccc(NC(=O)C[NH+]2CCC(C(=O)[O-])CC2)c([N+](=O)[O-])c1. The zero-order valence-electron chi connectivity index (χ0n) is 13.2. The fourth-order valence-corrected chi connectivity index (χ4v) is 2.76. The van der Waals surface area contributed by atoms with Gasteiger partial charge in [0.15, 0.2) is 6.54 Å². The molecule has 1 heterocycles. The summed E-state index contributed by atoms with van der Waals surface area (Å²) >= 11 is 0. The molecule has 1 aromatic carbocycles. The Kier molecular flexibility index (Phi) is 5.69. The predicted octanol–water partition coefficient (Wildman–Crippen LogP) is -1.41. The van der Waals surface area contributed by atoms with Crippen molar-refractivity contribution in [2.24, 2.45) is 5.92 Å². The minimum absolute atomic E-state index is 0.106. The highest BCUT2D eigenvalue weighted by Gasteiger charge is 2.25. The van der Waals surface area contributed by atoms with Gasteiger partial charge in [-0.1, -0.05) is 0 Å². The molecule has 0 spiro atoms. The topological polar surface area (TPSA) is 126 Å². The Bertz CT molecular complexity index is 640. The molecule has 9 heteroatoms. The number of carbonyl (C=O) groups is 2. The average Bonchev–Trinajstić information content (AvgIpc) is 2.55. The van der Waals surface area contributed by atoms with Gasteiger partial charge in [0.05, 0.1) is 31.2 Å². The number of carboxylic acid groups (broad SMARTS) is 1. The number of nitrogens with zero attached hydrogens (tertiary/aromatic N) is 1. The van der Waals surface area contributed by atoms with Gasteiger partial charge >= 0.3 is 0 Å². The van der Waals surface area contributed by atoms with E-state index in [4.69, 9.17) is 4.74 Å². The van der Waals surface area contributed by atoms with E-state index in [-0.39, 0.29) is 23.8 Å². The van der Waals surface area contributed by atoms with Crippen molar-refractivity contribution in [2.45, 2.75) is 12.8 Å². The van der Waals surface area contributed by atoms with Crippen LogP contribution in [0, 0.1) is 16.0 Å². The number of carbonyl (C=O) groups excluding carboxylic acids is 2. The third-order valence-electron chi connectivity index (χ3n) is 4.11. The van der Waals surface area contributed by atoms with Crippen molar-refractivity contribution >= 4 is 23.3 Å². The lowest BCUT2D eigenvalue weighted by Gasteiger charge is -2.29. The van der Waals surface area contributed by atoms with Gasteiger partial charge in [-0.05, 0) is 12.1 Å². The number of nitro benzene ring substituents is 1. The smallest absolute Gasteiger partial charge is 0.296 e. The number of methoxy groups -OCH3 is 1. The van der Waals surface area contributed by atoms with Crippen molar-refractivity contribution in [1.82, 2.24) is 0 Å². The normalized spacial score (nSPS) is 20.2. The Morgan fingerprint density at radius 3 is 2.58 bits per heavy atom. The van der Waals surface area contributed by atoms with E-state index in [1.807, 2.05) is 0 Å². The standard InChI is InChI=1S/C15H19N3O6/c1-24-11-2-3-12(13(8-11)18(22)23)16-14(19)9-17-6-4-10(5-7-17)15(20)21/h2-3,8,10H,4-7,9H2,1H3,(H,16,19)(H,20,21). The number of quaternary nitrogens is 1. The van der Waals surface area contributed by atoms with Gasteiger partial charge in [-0.15, -0.1) is 0 Å². The highest BCUT2D eigenvalue weighted by Crippen LogP contribution is 2.28. The molecule has 0 radical (unpaired) electrons. The molecule has 1 saturated heterocycles. The molecule has 2 N–H and O–H groups in total. The number of likely N-dealkylation sites (tertiary alicyclic amines) is 1.